The van der Waals surface area contributed by atoms with Crippen molar-refractivity contribution in [3.05, 3.63) is 48.5 Å². The van der Waals surface area contributed by atoms with Gasteiger partial charge in [0.1, 0.15) is 11.5 Å². The minimum Gasteiger partial charge on any atom is -0.496 e. The summed E-state index contributed by atoms with van der Waals surface area (Å²) in [5.74, 6) is 1.97. The predicted molar refractivity (Wildman–Crippen MR) is 99.4 cm³/mol. The molecule has 0 bridgehead atoms. The van der Waals surface area contributed by atoms with Crippen LogP contribution in [-0.4, -0.2) is 38.7 Å². The van der Waals surface area contributed by atoms with Gasteiger partial charge in [-0.2, -0.15) is 0 Å². The molecule has 0 saturated heterocycles. The van der Waals surface area contributed by atoms with Crippen molar-refractivity contribution in [2.45, 2.75) is 0 Å². The van der Waals surface area contributed by atoms with Gasteiger partial charge in [-0.3, -0.25) is 4.90 Å². The van der Waals surface area contributed by atoms with E-state index in [-0.39, 0.29) is 0 Å². The summed E-state index contributed by atoms with van der Waals surface area (Å²) in [4.78, 5) is 2.37. The molecule has 0 radical (unpaired) electrons. The maximum absolute atomic E-state index is 5.41. The molecule has 2 rings (SSSR count). The maximum Gasteiger partial charge on any atom is 0.126 e. The summed E-state index contributed by atoms with van der Waals surface area (Å²) in [5, 5.41) is 2.58. The van der Waals surface area contributed by atoms with E-state index in [4.69, 9.17) is 9.47 Å². The molecule has 0 aliphatic carbocycles. The van der Waals surface area contributed by atoms with Crippen molar-refractivity contribution in [3.63, 3.8) is 0 Å². The third kappa shape index (κ3) is 4.95. The molecule has 2 aromatic carbocycles. The molecule has 0 spiro atoms. The number of ether oxygens (including phenoxy) is 2. The van der Waals surface area contributed by atoms with E-state index in [0.29, 0.717) is 0 Å². The molecular weight excluding hydrogens is 312 g/mol. The SMILES string of the molecule is COc1ccccc1PCN(C)CPc1ccccc1OC. The zero-order chi connectivity index (χ0) is 15.8. The van der Waals surface area contributed by atoms with Crippen molar-refractivity contribution < 1.29 is 9.47 Å². The van der Waals surface area contributed by atoms with Gasteiger partial charge in [0.15, 0.2) is 0 Å². The summed E-state index contributed by atoms with van der Waals surface area (Å²) in [6, 6.07) is 16.5. The Balaban J connectivity index is 1.84. The van der Waals surface area contributed by atoms with Crippen molar-refractivity contribution in [3.8, 4) is 11.5 Å². The van der Waals surface area contributed by atoms with Crippen LogP contribution < -0.4 is 20.1 Å². The van der Waals surface area contributed by atoms with Crippen LogP contribution in [0.2, 0.25) is 0 Å². The van der Waals surface area contributed by atoms with Crippen LogP contribution in [0.15, 0.2) is 48.5 Å². The Kier molecular flexibility index (Phi) is 7.12. The highest BCUT2D eigenvalue weighted by atomic mass is 31.1. The van der Waals surface area contributed by atoms with Gasteiger partial charge in [0.2, 0.25) is 0 Å². The fourth-order valence-corrected chi connectivity index (χ4v) is 4.55. The lowest BCUT2D eigenvalue weighted by Crippen LogP contribution is -2.19. The predicted octanol–water partition coefficient (Wildman–Crippen LogP) is 2.86. The molecule has 22 heavy (non-hydrogen) atoms. The van der Waals surface area contributed by atoms with E-state index in [1.807, 2.05) is 24.3 Å². The third-order valence-corrected chi connectivity index (χ3v) is 6.28. The van der Waals surface area contributed by atoms with Gasteiger partial charge < -0.3 is 9.47 Å². The summed E-state index contributed by atoms with van der Waals surface area (Å²) >= 11 is 0. The number of hydrogen-bond acceptors (Lipinski definition) is 3. The first-order valence-corrected chi connectivity index (χ1v) is 9.58. The molecular formula is C17H23NO2P2. The van der Waals surface area contributed by atoms with Gasteiger partial charge in [-0.25, -0.2) is 0 Å². The van der Waals surface area contributed by atoms with Crippen LogP contribution in [0.5, 0.6) is 11.5 Å². The highest BCUT2D eigenvalue weighted by Gasteiger charge is 2.06. The minimum atomic E-state index is 0.730. The zero-order valence-electron chi connectivity index (χ0n) is 13.3. The second-order valence-electron chi connectivity index (χ2n) is 4.93. The zero-order valence-corrected chi connectivity index (χ0v) is 15.3. The first-order valence-electron chi connectivity index (χ1n) is 7.17. The molecule has 0 N–H and O–H groups in total. The lowest BCUT2D eigenvalue weighted by molar-refractivity contribution is 0.418. The van der Waals surface area contributed by atoms with E-state index < -0.39 is 0 Å². The van der Waals surface area contributed by atoms with E-state index in [2.05, 4.69) is 36.2 Å². The Hall–Kier alpha value is -1.14. The number of para-hydroxylation sites is 2. The van der Waals surface area contributed by atoms with Crippen LogP contribution in [0, 0.1) is 0 Å². The van der Waals surface area contributed by atoms with Crippen LogP contribution in [0.25, 0.3) is 0 Å². The molecule has 2 atom stereocenters. The Morgan fingerprint density at radius 3 is 1.59 bits per heavy atom. The lowest BCUT2D eigenvalue weighted by atomic mass is 10.3. The Morgan fingerprint density at radius 1 is 0.773 bits per heavy atom. The fraction of sp³-hybridized carbons (Fsp3) is 0.294. The van der Waals surface area contributed by atoms with Crippen LogP contribution in [0.1, 0.15) is 0 Å². The maximum atomic E-state index is 5.41. The molecule has 3 nitrogen and oxygen atoms in total. The summed E-state index contributed by atoms with van der Waals surface area (Å²) in [6.45, 7) is 0. The molecule has 5 heteroatoms. The topological polar surface area (TPSA) is 21.7 Å². The smallest absolute Gasteiger partial charge is 0.126 e. The molecule has 0 saturated carbocycles. The van der Waals surface area contributed by atoms with E-state index in [1.165, 1.54) is 10.6 Å². The molecule has 0 heterocycles. The molecule has 2 aromatic rings. The molecule has 0 amide bonds. The number of hydrogen-bond donors (Lipinski definition) is 0. The van der Waals surface area contributed by atoms with Crippen molar-refractivity contribution in [2.24, 2.45) is 0 Å². The molecule has 0 aromatic heterocycles. The molecule has 118 valence electrons. The quantitative estimate of drug-likeness (QED) is 0.693. The van der Waals surface area contributed by atoms with Crippen LogP contribution in [-0.2, 0) is 0 Å². The van der Waals surface area contributed by atoms with E-state index in [1.54, 1.807) is 14.2 Å². The number of rotatable bonds is 8. The van der Waals surface area contributed by atoms with Crippen LogP contribution >= 0.6 is 17.2 Å². The fourth-order valence-electron chi connectivity index (χ4n) is 2.08. The van der Waals surface area contributed by atoms with E-state index >= 15 is 0 Å². The lowest BCUT2D eigenvalue weighted by Gasteiger charge is -2.18. The van der Waals surface area contributed by atoms with Crippen molar-refractivity contribution >= 4 is 27.8 Å². The summed E-state index contributed by atoms with van der Waals surface area (Å²) in [7, 11) is 7.10. The first kappa shape index (κ1) is 17.2. The van der Waals surface area contributed by atoms with Crippen molar-refractivity contribution in [1.82, 2.24) is 4.90 Å². The molecule has 0 aliphatic rings. The standard InChI is InChI=1S/C17H23NO2P2/c1-18(12-21-16-10-6-4-8-14(16)19-2)13-22-17-11-7-5-9-15(17)20-3/h4-11,21-22H,12-13H2,1-3H3. The summed E-state index contributed by atoms with van der Waals surface area (Å²) in [6.07, 6.45) is 2.09. The van der Waals surface area contributed by atoms with Gasteiger partial charge >= 0.3 is 0 Å². The Bertz CT molecular complexity index is 541. The van der Waals surface area contributed by atoms with Gasteiger partial charge in [-0.15, -0.1) is 0 Å². The van der Waals surface area contributed by atoms with E-state index in [9.17, 15) is 0 Å². The highest BCUT2D eigenvalue weighted by Crippen LogP contribution is 2.23. The van der Waals surface area contributed by atoms with Gasteiger partial charge in [-0.05, 0) is 19.2 Å². The molecule has 0 aliphatic heterocycles. The largest absolute Gasteiger partial charge is 0.496 e. The highest BCUT2D eigenvalue weighted by molar-refractivity contribution is 7.48. The number of benzene rings is 2. The Labute approximate surface area is 136 Å². The average molecular weight is 335 g/mol. The Morgan fingerprint density at radius 2 is 1.18 bits per heavy atom. The second kappa shape index (κ2) is 9.10. The number of methoxy groups -OCH3 is 2. The summed E-state index contributed by atoms with van der Waals surface area (Å²) in [5.41, 5.74) is 0. The summed E-state index contributed by atoms with van der Waals surface area (Å²) < 4.78 is 10.8. The minimum absolute atomic E-state index is 0.730. The third-order valence-electron chi connectivity index (χ3n) is 3.29. The van der Waals surface area contributed by atoms with Gasteiger partial charge in [0, 0.05) is 23.2 Å². The van der Waals surface area contributed by atoms with Crippen molar-refractivity contribution in [1.29, 1.82) is 0 Å². The normalized spacial score (nSPS) is 11.8. The van der Waals surface area contributed by atoms with Gasteiger partial charge in [0.05, 0.1) is 14.2 Å². The van der Waals surface area contributed by atoms with Gasteiger partial charge in [0.25, 0.3) is 0 Å². The van der Waals surface area contributed by atoms with Crippen LogP contribution in [0.4, 0.5) is 0 Å². The number of nitrogens with zero attached hydrogens (tertiary/aromatic N) is 1. The first-order chi connectivity index (χ1) is 10.7. The monoisotopic (exact) mass is 335 g/mol. The van der Waals surface area contributed by atoms with Crippen molar-refractivity contribution in [2.75, 3.05) is 33.8 Å². The van der Waals surface area contributed by atoms with E-state index in [0.717, 1.165) is 41.2 Å². The molecule has 0 fully saturated rings. The average Bonchev–Trinajstić information content (AvgIpc) is 2.58. The van der Waals surface area contributed by atoms with Crippen LogP contribution in [0.3, 0.4) is 0 Å². The molecule has 2 unspecified atom stereocenters. The van der Waals surface area contributed by atoms with Gasteiger partial charge in [-0.1, -0.05) is 53.6 Å². The second-order valence-corrected chi connectivity index (χ2v) is 7.34.